The van der Waals surface area contributed by atoms with Crippen LogP contribution in [0.15, 0.2) is 66.8 Å². The number of nitrogens with zero attached hydrogens (tertiary/aromatic N) is 1. The van der Waals surface area contributed by atoms with Crippen molar-refractivity contribution in [2.75, 3.05) is 6.61 Å². The first-order chi connectivity index (χ1) is 9.69. The second kappa shape index (κ2) is 6.12. The van der Waals surface area contributed by atoms with E-state index < -0.39 is 11.8 Å². The van der Waals surface area contributed by atoms with E-state index in [1.165, 1.54) is 12.2 Å². The fourth-order valence-electron chi connectivity index (χ4n) is 1.95. The van der Waals surface area contributed by atoms with Crippen LogP contribution < -0.4 is 0 Å². The van der Waals surface area contributed by atoms with Crippen LogP contribution in [0.25, 0.3) is 0 Å². The molecule has 2 amide bonds. The summed E-state index contributed by atoms with van der Waals surface area (Å²) in [7, 11) is 0. The van der Waals surface area contributed by atoms with Gasteiger partial charge in [0.25, 0.3) is 11.8 Å². The molecule has 0 spiro atoms. The van der Waals surface area contributed by atoms with Gasteiger partial charge in [-0.3, -0.25) is 14.4 Å². The summed E-state index contributed by atoms with van der Waals surface area (Å²) < 4.78 is 0. The zero-order valence-corrected chi connectivity index (χ0v) is 11.0. The van der Waals surface area contributed by atoms with E-state index in [1.807, 2.05) is 30.3 Å². The molecule has 0 aliphatic carbocycles. The topological polar surface area (TPSA) is 46.6 Å². The molecule has 4 heteroatoms. The van der Waals surface area contributed by atoms with E-state index in [2.05, 4.69) is 13.2 Å². The number of rotatable bonds is 6. The third-order valence-electron chi connectivity index (χ3n) is 2.98. The minimum absolute atomic E-state index is 0.227. The first-order valence-electron chi connectivity index (χ1n) is 6.23. The average molecular weight is 269 g/mol. The summed E-state index contributed by atoms with van der Waals surface area (Å²) in [5, 5.41) is 0.775. The van der Waals surface area contributed by atoms with Crippen LogP contribution in [0.4, 0.5) is 0 Å². The lowest BCUT2D eigenvalue weighted by Gasteiger charge is -2.14. The standard InChI is InChI=1S/C16H15NO3/c1-3-13-14(4-2)16(19)17(15(13)18)20-11-10-12-8-6-5-7-9-12/h3-9H,1-2,10-11H2. The molecule has 1 aromatic carbocycles. The van der Waals surface area contributed by atoms with Gasteiger partial charge in [0.15, 0.2) is 0 Å². The Hall–Kier alpha value is -2.46. The summed E-state index contributed by atoms with van der Waals surface area (Å²) >= 11 is 0. The van der Waals surface area contributed by atoms with Crippen molar-refractivity contribution < 1.29 is 14.4 Å². The van der Waals surface area contributed by atoms with Crippen LogP contribution in [-0.2, 0) is 20.8 Å². The molecule has 20 heavy (non-hydrogen) atoms. The number of hydroxylamine groups is 2. The number of carbonyl (C=O) groups is 2. The van der Waals surface area contributed by atoms with Crippen molar-refractivity contribution in [3.63, 3.8) is 0 Å². The Morgan fingerprint density at radius 3 is 2.05 bits per heavy atom. The van der Waals surface area contributed by atoms with E-state index in [9.17, 15) is 9.59 Å². The molecule has 4 nitrogen and oxygen atoms in total. The zero-order chi connectivity index (χ0) is 14.5. The van der Waals surface area contributed by atoms with Crippen molar-refractivity contribution in [3.05, 3.63) is 72.4 Å². The fraction of sp³-hybridized carbons (Fsp3) is 0.125. The van der Waals surface area contributed by atoms with Crippen LogP contribution >= 0.6 is 0 Å². The van der Waals surface area contributed by atoms with Crippen LogP contribution in [0.5, 0.6) is 0 Å². The predicted octanol–water partition coefficient (Wildman–Crippen LogP) is 2.20. The van der Waals surface area contributed by atoms with Gasteiger partial charge in [0, 0.05) is 0 Å². The lowest BCUT2D eigenvalue weighted by Crippen LogP contribution is -2.32. The molecule has 0 fully saturated rings. The largest absolute Gasteiger partial charge is 0.285 e. The highest BCUT2D eigenvalue weighted by Crippen LogP contribution is 2.22. The van der Waals surface area contributed by atoms with Crippen molar-refractivity contribution in [2.24, 2.45) is 0 Å². The summed E-state index contributed by atoms with van der Waals surface area (Å²) in [5.74, 6) is -0.985. The quantitative estimate of drug-likeness (QED) is 0.744. The van der Waals surface area contributed by atoms with Crippen LogP contribution in [-0.4, -0.2) is 23.5 Å². The van der Waals surface area contributed by atoms with Gasteiger partial charge in [-0.25, -0.2) is 0 Å². The Labute approximate surface area is 117 Å². The van der Waals surface area contributed by atoms with E-state index >= 15 is 0 Å². The molecule has 0 radical (unpaired) electrons. The van der Waals surface area contributed by atoms with Crippen molar-refractivity contribution in [1.29, 1.82) is 0 Å². The Balaban J connectivity index is 1.98. The first kappa shape index (κ1) is 14.0. The number of amides is 2. The van der Waals surface area contributed by atoms with E-state index in [0.717, 1.165) is 10.6 Å². The second-order valence-electron chi connectivity index (χ2n) is 4.21. The highest BCUT2D eigenvalue weighted by Gasteiger charge is 2.36. The number of hydrogen-bond acceptors (Lipinski definition) is 3. The molecule has 0 saturated carbocycles. The summed E-state index contributed by atoms with van der Waals surface area (Å²) in [6.45, 7) is 7.30. The van der Waals surface area contributed by atoms with Crippen LogP contribution in [0.3, 0.4) is 0 Å². The normalized spacial score (nSPS) is 14.9. The van der Waals surface area contributed by atoms with E-state index in [1.54, 1.807) is 0 Å². The highest BCUT2D eigenvalue weighted by atomic mass is 16.7. The van der Waals surface area contributed by atoms with Gasteiger partial charge in [-0.1, -0.05) is 55.6 Å². The Bertz CT molecular complexity index is 557. The molecule has 0 N–H and O–H groups in total. The number of imide groups is 1. The summed E-state index contributed by atoms with van der Waals surface area (Å²) in [6, 6.07) is 9.69. The molecular weight excluding hydrogens is 254 g/mol. The van der Waals surface area contributed by atoms with Crippen molar-refractivity contribution in [1.82, 2.24) is 5.06 Å². The van der Waals surface area contributed by atoms with Gasteiger partial charge in [0.05, 0.1) is 17.8 Å². The smallest absolute Gasteiger partial charge is 0.266 e. The van der Waals surface area contributed by atoms with Crippen LogP contribution in [0.1, 0.15) is 5.56 Å². The molecule has 0 atom stereocenters. The zero-order valence-electron chi connectivity index (χ0n) is 11.0. The molecule has 2 rings (SSSR count). The number of benzene rings is 1. The second-order valence-corrected chi connectivity index (χ2v) is 4.21. The Morgan fingerprint density at radius 1 is 1.00 bits per heavy atom. The number of hydrogen-bond donors (Lipinski definition) is 0. The summed E-state index contributed by atoms with van der Waals surface area (Å²) in [4.78, 5) is 29.2. The van der Waals surface area contributed by atoms with Gasteiger partial charge in [0.2, 0.25) is 0 Å². The first-order valence-corrected chi connectivity index (χ1v) is 6.23. The van der Waals surface area contributed by atoms with Crippen molar-refractivity contribution >= 4 is 11.8 Å². The number of carbonyl (C=O) groups excluding carboxylic acids is 2. The highest BCUT2D eigenvalue weighted by molar-refractivity contribution is 6.21. The summed E-state index contributed by atoms with van der Waals surface area (Å²) in [6.07, 6.45) is 3.31. The van der Waals surface area contributed by atoms with E-state index in [4.69, 9.17) is 4.84 Å². The monoisotopic (exact) mass is 269 g/mol. The fourth-order valence-corrected chi connectivity index (χ4v) is 1.95. The summed E-state index contributed by atoms with van der Waals surface area (Å²) in [5.41, 5.74) is 1.53. The van der Waals surface area contributed by atoms with Crippen molar-refractivity contribution in [3.8, 4) is 0 Å². The molecule has 1 aromatic rings. The van der Waals surface area contributed by atoms with Gasteiger partial charge >= 0.3 is 0 Å². The molecule has 102 valence electrons. The van der Waals surface area contributed by atoms with Crippen LogP contribution in [0, 0.1) is 0 Å². The molecule has 0 unspecified atom stereocenters. The molecular formula is C16H15NO3. The van der Waals surface area contributed by atoms with Gasteiger partial charge in [-0.05, 0) is 12.0 Å². The Kier molecular flexibility index (Phi) is 4.27. The Morgan fingerprint density at radius 2 is 1.55 bits per heavy atom. The van der Waals surface area contributed by atoms with E-state index in [-0.39, 0.29) is 17.8 Å². The maximum atomic E-state index is 12.0. The molecule has 1 heterocycles. The maximum Gasteiger partial charge on any atom is 0.285 e. The van der Waals surface area contributed by atoms with Crippen molar-refractivity contribution in [2.45, 2.75) is 6.42 Å². The molecule has 0 aromatic heterocycles. The maximum absolute atomic E-state index is 12.0. The minimum atomic E-state index is -0.493. The van der Waals surface area contributed by atoms with Gasteiger partial charge in [-0.2, -0.15) is 0 Å². The lowest BCUT2D eigenvalue weighted by atomic mass is 10.1. The third-order valence-corrected chi connectivity index (χ3v) is 2.98. The van der Waals surface area contributed by atoms with E-state index in [0.29, 0.717) is 6.42 Å². The molecule has 1 aliphatic rings. The predicted molar refractivity (Wildman–Crippen MR) is 75.4 cm³/mol. The minimum Gasteiger partial charge on any atom is -0.266 e. The molecule has 0 saturated heterocycles. The lowest BCUT2D eigenvalue weighted by molar-refractivity contribution is -0.186. The van der Waals surface area contributed by atoms with Gasteiger partial charge in [0.1, 0.15) is 0 Å². The molecule has 0 bridgehead atoms. The average Bonchev–Trinajstić information content (AvgIpc) is 2.71. The molecule has 1 aliphatic heterocycles. The van der Waals surface area contributed by atoms with Gasteiger partial charge in [-0.15, -0.1) is 5.06 Å². The third kappa shape index (κ3) is 2.60. The van der Waals surface area contributed by atoms with Gasteiger partial charge < -0.3 is 0 Å². The SMILES string of the molecule is C=CC1=C(C=C)C(=O)N(OCCc2ccccc2)C1=O. The van der Waals surface area contributed by atoms with Crippen LogP contribution in [0.2, 0.25) is 0 Å².